The van der Waals surface area contributed by atoms with Crippen molar-refractivity contribution >= 4 is 28.5 Å². The van der Waals surface area contributed by atoms with Gasteiger partial charge in [0, 0.05) is 17.5 Å². The molecule has 1 aromatic heterocycles. The summed E-state index contributed by atoms with van der Waals surface area (Å²) in [6.07, 6.45) is 0. The lowest BCUT2D eigenvalue weighted by Crippen LogP contribution is -1.94. The maximum Gasteiger partial charge on any atom is 0.352 e. The molecular weight excluding hydrogens is 278 g/mol. The minimum absolute atomic E-state index is 0.0961. The van der Waals surface area contributed by atoms with E-state index in [4.69, 9.17) is 21.4 Å². The van der Waals surface area contributed by atoms with Crippen LogP contribution < -0.4 is 4.74 Å². The van der Waals surface area contributed by atoms with Crippen molar-refractivity contribution in [1.82, 2.24) is 4.98 Å². The number of carboxylic acid groups (broad SMARTS) is 1. The third kappa shape index (κ3) is 2.33. The van der Waals surface area contributed by atoms with Crippen LogP contribution in [0.15, 0.2) is 48.5 Å². The number of carboxylic acids is 1. The summed E-state index contributed by atoms with van der Waals surface area (Å²) in [5, 5.41) is 10.1. The minimum Gasteiger partial charge on any atom is -0.477 e. The molecule has 100 valence electrons. The highest BCUT2D eigenvalue weighted by Gasteiger charge is 2.11. The molecule has 2 aromatic carbocycles. The van der Waals surface area contributed by atoms with Gasteiger partial charge in [-0.2, -0.15) is 0 Å². The van der Waals surface area contributed by atoms with Gasteiger partial charge in [0.2, 0.25) is 0 Å². The Kier molecular flexibility index (Phi) is 3.08. The van der Waals surface area contributed by atoms with Crippen LogP contribution in [0.1, 0.15) is 10.5 Å². The number of fused-ring (bicyclic) bond motifs is 1. The number of halogens is 1. The van der Waals surface area contributed by atoms with Crippen molar-refractivity contribution in [3.05, 3.63) is 59.2 Å². The minimum atomic E-state index is -1.03. The third-order valence-corrected chi connectivity index (χ3v) is 3.18. The number of H-pyrrole nitrogens is 1. The largest absolute Gasteiger partial charge is 0.477 e. The van der Waals surface area contributed by atoms with Crippen molar-refractivity contribution in [3.63, 3.8) is 0 Å². The van der Waals surface area contributed by atoms with E-state index in [2.05, 4.69) is 4.98 Å². The van der Waals surface area contributed by atoms with Crippen LogP contribution in [0.2, 0.25) is 5.02 Å². The molecule has 0 aliphatic carbocycles. The molecule has 5 heteroatoms. The second kappa shape index (κ2) is 4.90. The quantitative estimate of drug-likeness (QED) is 0.754. The van der Waals surface area contributed by atoms with E-state index < -0.39 is 5.97 Å². The molecule has 0 saturated heterocycles. The first kappa shape index (κ1) is 12.6. The molecule has 0 saturated carbocycles. The molecule has 0 bridgehead atoms. The fraction of sp³-hybridized carbons (Fsp3) is 0. The fourth-order valence-electron chi connectivity index (χ4n) is 1.97. The van der Waals surface area contributed by atoms with E-state index >= 15 is 0 Å². The Hall–Kier alpha value is -2.46. The number of benzene rings is 2. The molecule has 0 atom stereocenters. The predicted molar refractivity (Wildman–Crippen MR) is 76.8 cm³/mol. The molecular formula is C15H10ClNO3. The molecule has 0 radical (unpaired) electrons. The number of aromatic amines is 1. The molecule has 3 rings (SSSR count). The maximum absolute atomic E-state index is 11.0. The fourth-order valence-corrected chi connectivity index (χ4v) is 2.23. The van der Waals surface area contributed by atoms with Gasteiger partial charge in [0.05, 0.1) is 10.5 Å². The molecule has 20 heavy (non-hydrogen) atoms. The predicted octanol–water partition coefficient (Wildman–Crippen LogP) is 4.31. The molecule has 3 aromatic rings. The first-order valence-electron chi connectivity index (χ1n) is 5.92. The van der Waals surface area contributed by atoms with Gasteiger partial charge in [0.1, 0.15) is 17.2 Å². The average Bonchev–Trinajstić information content (AvgIpc) is 2.84. The van der Waals surface area contributed by atoms with Gasteiger partial charge in [-0.3, -0.25) is 0 Å². The first-order valence-corrected chi connectivity index (χ1v) is 6.30. The molecule has 0 amide bonds. The normalized spacial score (nSPS) is 10.7. The van der Waals surface area contributed by atoms with Crippen LogP contribution in [0.3, 0.4) is 0 Å². The maximum atomic E-state index is 11.0. The van der Waals surface area contributed by atoms with Gasteiger partial charge in [0.25, 0.3) is 0 Å². The van der Waals surface area contributed by atoms with Crippen molar-refractivity contribution in [3.8, 4) is 11.5 Å². The number of nitrogens with one attached hydrogen (secondary N) is 1. The zero-order chi connectivity index (χ0) is 14.1. The lowest BCUT2D eigenvalue weighted by Gasteiger charge is -2.06. The number of aromatic carboxylic acids is 1. The second-order valence-electron chi connectivity index (χ2n) is 4.27. The summed E-state index contributed by atoms with van der Waals surface area (Å²) in [6, 6.07) is 14.2. The number of hydrogen-bond acceptors (Lipinski definition) is 2. The molecule has 4 nitrogen and oxygen atoms in total. The molecule has 2 N–H and O–H groups in total. The van der Waals surface area contributed by atoms with Crippen molar-refractivity contribution in [1.29, 1.82) is 0 Å². The van der Waals surface area contributed by atoms with Gasteiger partial charge >= 0.3 is 5.97 Å². The summed E-state index contributed by atoms with van der Waals surface area (Å²) >= 11 is 6.15. The lowest BCUT2D eigenvalue weighted by atomic mass is 10.2. The third-order valence-electron chi connectivity index (χ3n) is 2.87. The Morgan fingerprint density at radius 3 is 2.55 bits per heavy atom. The molecule has 1 heterocycles. The molecule has 0 aliphatic rings. The van der Waals surface area contributed by atoms with Crippen LogP contribution in [-0.4, -0.2) is 16.1 Å². The van der Waals surface area contributed by atoms with Gasteiger partial charge < -0.3 is 14.8 Å². The molecule has 0 aliphatic heterocycles. The molecule has 0 unspecified atom stereocenters. The number of ether oxygens (including phenoxy) is 1. The van der Waals surface area contributed by atoms with Crippen LogP contribution in [-0.2, 0) is 0 Å². The number of aromatic nitrogens is 1. The Morgan fingerprint density at radius 1 is 1.10 bits per heavy atom. The number of hydrogen-bond donors (Lipinski definition) is 2. The average molecular weight is 288 g/mol. The molecule has 0 fully saturated rings. The summed E-state index contributed by atoms with van der Waals surface area (Å²) in [4.78, 5) is 13.8. The Bertz CT molecular complexity index is 780. The summed E-state index contributed by atoms with van der Waals surface area (Å²) < 4.78 is 5.69. The summed E-state index contributed by atoms with van der Waals surface area (Å²) in [5.41, 5.74) is 0.722. The second-order valence-corrected chi connectivity index (χ2v) is 4.68. The van der Waals surface area contributed by atoms with Gasteiger partial charge in [0.15, 0.2) is 0 Å². The van der Waals surface area contributed by atoms with Gasteiger partial charge in [-0.05, 0) is 18.2 Å². The number of rotatable bonds is 3. The summed E-state index contributed by atoms with van der Waals surface area (Å²) in [7, 11) is 0. The smallest absolute Gasteiger partial charge is 0.352 e. The topological polar surface area (TPSA) is 62.3 Å². The van der Waals surface area contributed by atoms with E-state index in [-0.39, 0.29) is 5.69 Å². The van der Waals surface area contributed by atoms with Crippen molar-refractivity contribution in [2.75, 3.05) is 0 Å². The Morgan fingerprint density at radius 2 is 1.85 bits per heavy atom. The highest BCUT2D eigenvalue weighted by molar-refractivity contribution is 6.35. The highest BCUT2D eigenvalue weighted by Crippen LogP contribution is 2.32. The van der Waals surface area contributed by atoms with Gasteiger partial charge in [-0.1, -0.05) is 29.8 Å². The van der Waals surface area contributed by atoms with Gasteiger partial charge in [-0.15, -0.1) is 0 Å². The molecule has 0 spiro atoms. The Labute approximate surface area is 119 Å². The van der Waals surface area contributed by atoms with E-state index in [1.165, 1.54) is 6.07 Å². The zero-order valence-corrected chi connectivity index (χ0v) is 11.0. The zero-order valence-electron chi connectivity index (χ0n) is 10.3. The van der Waals surface area contributed by atoms with Gasteiger partial charge in [-0.25, -0.2) is 4.79 Å². The first-order chi connectivity index (χ1) is 9.63. The van der Waals surface area contributed by atoms with Crippen molar-refractivity contribution < 1.29 is 14.6 Å². The van der Waals surface area contributed by atoms with E-state index in [9.17, 15) is 4.79 Å². The number of carbonyl (C=O) groups is 1. The van der Waals surface area contributed by atoms with E-state index in [0.29, 0.717) is 27.4 Å². The standard InChI is InChI=1S/C15H10ClNO3/c16-12-6-10(20-9-4-2-1-3-5-9)7-13-11(12)8-14(17-13)15(18)19/h1-8,17H,(H,18,19). The SMILES string of the molecule is O=C(O)c1cc2c(Cl)cc(Oc3ccccc3)cc2[nH]1. The van der Waals surface area contributed by atoms with Crippen LogP contribution in [0.25, 0.3) is 10.9 Å². The summed E-state index contributed by atoms with van der Waals surface area (Å²) in [5.74, 6) is 0.211. The van der Waals surface area contributed by atoms with Crippen LogP contribution in [0, 0.1) is 0 Å². The van der Waals surface area contributed by atoms with Crippen LogP contribution >= 0.6 is 11.6 Å². The highest BCUT2D eigenvalue weighted by atomic mass is 35.5. The lowest BCUT2D eigenvalue weighted by molar-refractivity contribution is 0.0691. The monoisotopic (exact) mass is 287 g/mol. The number of para-hydroxylation sites is 1. The van der Waals surface area contributed by atoms with Crippen molar-refractivity contribution in [2.45, 2.75) is 0 Å². The Balaban J connectivity index is 2.03. The van der Waals surface area contributed by atoms with E-state index in [1.807, 2.05) is 30.3 Å². The van der Waals surface area contributed by atoms with Crippen LogP contribution in [0.5, 0.6) is 11.5 Å². The van der Waals surface area contributed by atoms with E-state index in [0.717, 1.165) is 0 Å². The van der Waals surface area contributed by atoms with Crippen molar-refractivity contribution in [2.24, 2.45) is 0 Å². The van der Waals surface area contributed by atoms with Crippen LogP contribution in [0.4, 0.5) is 0 Å². The summed E-state index contributed by atoms with van der Waals surface area (Å²) in [6.45, 7) is 0. The van der Waals surface area contributed by atoms with E-state index in [1.54, 1.807) is 12.1 Å².